The SMILES string of the molecule is S=c1[nH]nc(OCc2ccc(Cl)cc2Cl)n1-c1ccccc1. The fraction of sp³-hybridized carbons (Fsp3) is 0.0667. The van der Waals surface area contributed by atoms with Crippen LogP contribution in [0.3, 0.4) is 0 Å². The molecule has 112 valence electrons. The van der Waals surface area contributed by atoms with E-state index in [1.165, 1.54) is 0 Å². The predicted molar refractivity (Wildman–Crippen MR) is 89.5 cm³/mol. The van der Waals surface area contributed by atoms with Gasteiger partial charge in [0, 0.05) is 15.6 Å². The van der Waals surface area contributed by atoms with Crippen LogP contribution in [0.15, 0.2) is 48.5 Å². The van der Waals surface area contributed by atoms with Gasteiger partial charge in [-0.25, -0.2) is 9.67 Å². The quantitative estimate of drug-likeness (QED) is 0.685. The number of H-pyrrole nitrogens is 1. The minimum absolute atomic E-state index is 0.266. The van der Waals surface area contributed by atoms with Crippen LogP contribution in [0.1, 0.15) is 5.56 Å². The van der Waals surface area contributed by atoms with Gasteiger partial charge in [0.2, 0.25) is 4.77 Å². The highest BCUT2D eigenvalue weighted by molar-refractivity contribution is 7.71. The molecule has 1 N–H and O–H groups in total. The normalized spacial score (nSPS) is 10.6. The lowest BCUT2D eigenvalue weighted by Gasteiger charge is -2.09. The number of ether oxygens (including phenoxy) is 1. The van der Waals surface area contributed by atoms with Crippen molar-refractivity contribution in [2.45, 2.75) is 6.61 Å². The largest absolute Gasteiger partial charge is 0.458 e. The monoisotopic (exact) mass is 351 g/mol. The molecule has 0 fully saturated rings. The van der Waals surface area contributed by atoms with Gasteiger partial charge in [-0.3, -0.25) is 0 Å². The van der Waals surface area contributed by atoms with Crippen molar-refractivity contribution in [3.8, 4) is 11.7 Å². The Morgan fingerprint density at radius 3 is 2.64 bits per heavy atom. The van der Waals surface area contributed by atoms with Gasteiger partial charge < -0.3 is 4.74 Å². The lowest BCUT2D eigenvalue weighted by molar-refractivity contribution is 0.275. The Morgan fingerprint density at radius 2 is 1.91 bits per heavy atom. The summed E-state index contributed by atoms with van der Waals surface area (Å²) in [4.78, 5) is 0. The maximum atomic E-state index is 6.14. The van der Waals surface area contributed by atoms with E-state index in [4.69, 9.17) is 40.2 Å². The summed E-state index contributed by atoms with van der Waals surface area (Å²) in [7, 11) is 0. The summed E-state index contributed by atoms with van der Waals surface area (Å²) in [5.41, 5.74) is 1.69. The van der Waals surface area contributed by atoms with Gasteiger partial charge in [0.25, 0.3) is 0 Å². The molecule has 4 nitrogen and oxygen atoms in total. The second-order valence-electron chi connectivity index (χ2n) is 4.51. The molecule has 3 rings (SSSR count). The number of rotatable bonds is 4. The molecule has 0 aliphatic carbocycles. The first kappa shape index (κ1) is 15.1. The van der Waals surface area contributed by atoms with Crippen molar-refractivity contribution in [1.82, 2.24) is 14.8 Å². The summed E-state index contributed by atoms with van der Waals surface area (Å²) in [6, 6.07) is 15.3. The molecule has 0 bridgehead atoms. The van der Waals surface area contributed by atoms with Gasteiger partial charge in [-0.2, -0.15) is 0 Å². The molecule has 7 heteroatoms. The van der Waals surface area contributed by atoms with Crippen molar-refractivity contribution in [2.75, 3.05) is 0 Å². The van der Waals surface area contributed by atoms with E-state index in [-0.39, 0.29) is 6.61 Å². The first-order valence-corrected chi connectivity index (χ1v) is 7.61. The van der Waals surface area contributed by atoms with E-state index in [1.54, 1.807) is 16.7 Å². The first-order chi connectivity index (χ1) is 10.6. The van der Waals surface area contributed by atoms with Crippen LogP contribution in [-0.4, -0.2) is 14.8 Å². The maximum absolute atomic E-state index is 6.14. The third-order valence-electron chi connectivity index (χ3n) is 3.03. The molecule has 0 aliphatic rings. The van der Waals surface area contributed by atoms with Crippen LogP contribution >= 0.6 is 35.4 Å². The van der Waals surface area contributed by atoms with Crippen molar-refractivity contribution in [3.05, 3.63) is 68.9 Å². The van der Waals surface area contributed by atoms with Gasteiger partial charge in [-0.1, -0.05) is 47.5 Å². The van der Waals surface area contributed by atoms with Crippen LogP contribution in [0.4, 0.5) is 0 Å². The minimum Gasteiger partial charge on any atom is -0.458 e. The highest BCUT2D eigenvalue weighted by atomic mass is 35.5. The molecule has 0 atom stereocenters. The molecule has 1 heterocycles. The molecule has 22 heavy (non-hydrogen) atoms. The zero-order valence-corrected chi connectivity index (χ0v) is 13.6. The predicted octanol–water partition coefficient (Wildman–Crippen LogP) is 4.82. The Labute approximate surface area is 142 Å². The van der Waals surface area contributed by atoms with Gasteiger partial charge in [-0.15, -0.1) is 5.10 Å². The van der Waals surface area contributed by atoms with Crippen LogP contribution in [0.2, 0.25) is 10.0 Å². The fourth-order valence-corrected chi connectivity index (χ4v) is 2.66. The number of halogens is 2. The first-order valence-electron chi connectivity index (χ1n) is 6.45. The Balaban J connectivity index is 1.86. The zero-order chi connectivity index (χ0) is 15.5. The van der Waals surface area contributed by atoms with Crippen LogP contribution in [0.5, 0.6) is 6.01 Å². The van der Waals surface area contributed by atoms with E-state index in [1.807, 2.05) is 36.4 Å². The van der Waals surface area contributed by atoms with Gasteiger partial charge >= 0.3 is 6.01 Å². The summed E-state index contributed by atoms with van der Waals surface area (Å²) in [6.45, 7) is 0.266. The molecular formula is C15H11Cl2N3OS. The third-order valence-corrected chi connectivity index (χ3v) is 3.89. The Hall–Kier alpha value is -1.82. The summed E-state index contributed by atoms with van der Waals surface area (Å²) in [6.07, 6.45) is 0. The van der Waals surface area contributed by atoms with Gasteiger partial charge in [0.05, 0.1) is 5.69 Å². The molecule has 3 aromatic rings. The molecule has 0 saturated heterocycles. The van der Waals surface area contributed by atoms with Crippen molar-refractivity contribution < 1.29 is 4.74 Å². The van der Waals surface area contributed by atoms with E-state index in [0.717, 1.165) is 11.3 Å². The van der Waals surface area contributed by atoms with Crippen molar-refractivity contribution >= 4 is 35.4 Å². The summed E-state index contributed by atoms with van der Waals surface area (Å²) < 4.78 is 7.93. The van der Waals surface area contributed by atoms with E-state index >= 15 is 0 Å². The molecule has 0 spiro atoms. The maximum Gasteiger partial charge on any atom is 0.321 e. The Bertz CT molecular complexity index is 845. The summed E-state index contributed by atoms with van der Waals surface area (Å²) in [5.74, 6) is 0. The Morgan fingerprint density at radius 1 is 1.14 bits per heavy atom. The standard InChI is InChI=1S/C15H11Cl2N3OS/c16-11-7-6-10(13(17)8-11)9-21-14-18-19-15(22)20(14)12-4-2-1-3-5-12/h1-8H,9H2,(H,19,22). The van der Waals surface area contributed by atoms with Crippen LogP contribution in [0.25, 0.3) is 5.69 Å². The van der Waals surface area contributed by atoms with E-state index in [2.05, 4.69) is 10.2 Å². The average Bonchev–Trinajstić information content (AvgIpc) is 2.88. The fourth-order valence-electron chi connectivity index (χ4n) is 1.97. The van der Waals surface area contributed by atoms with Crippen molar-refractivity contribution in [3.63, 3.8) is 0 Å². The highest BCUT2D eigenvalue weighted by Gasteiger charge is 2.10. The Kier molecular flexibility index (Phi) is 4.47. The van der Waals surface area contributed by atoms with Gasteiger partial charge in [0.15, 0.2) is 0 Å². The molecule has 0 radical (unpaired) electrons. The third kappa shape index (κ3) is 3.16. The van der Waals surface area contributed by atoms with Crippen molar-refractivity contribution in [2.24, 2.45) is 0 Å². The molecule has 0 aliphatic heterocycles. The number of aromatic amines is 1. The molecule has 0 saturated carbocycles. The number of hydrogen-bond acceptors (Lipinski definition) is 3. The highest BCUT2D eigenvalue weighted by Crippen LogP contribution is 2.23. The van der Waals surface area contributed by atoms with Crippen LogP contribution in [-0.2, 0) is 6.61 Å². The topological polar surface area (TPSA) is 42.8 Å². The number of hydrogen-bond donors (Lipinski definition) is 1. The van der Waals surface area contributed by atoms with E-state index in [0.29, 0.717) is 20.8 Å². The minimum atomic E-state index is 0.266. The molecule has 1 aromatic heterocycles. The number of aromatic nitrogens is 3. The zero-order valence-electron chi connectivity index (χ0n) is 11.3. The molecule has 0 unspecified atom stereocenters. The second kappa shape index (κ2) is 6.52. The lowest BCUT2D eigenvalue weighted by atomic mass is 10.2. The van der Waals surface area contributed by atoms with E-state index < -0.39 is 0 Å². The number of nitrogens with one attached hydrogen (secondary N) is 1. The number of nitrogens with zero attached hydrogens (tertiary/aromatic N) is 2. The van der Waals surface area contributed by atoms with Gasteiger partial charge in [0.1, 0.15) is 6.61 Å². The molecule has 2 aromatic carbocycles. The second-order valence-corrected chi connectivity index (χ2v) is 5.74. The molecular weight excluding hydrogens is 341 g/mol. The summed E-state index contributed by atoms with van der Waals surface area (Å²) >= 11 is 17.3. The van der Waals surface area contributed by atoms with Crippen LogP contribution in [0, 0.1) is 4.77 Å². The van der Waals surface area contributed by atoms with E-state index in [9.17, 15) is 0 Å². The van der Waals surface area contributed by atoms with Crippen molar-refractivity contribution in [1.29, 1.82) is 0 Å². The summed E-state index contributed by atoms with van der Waals surface area (Å²) in [5, 5.41) is 7.97. The smallest absolute Gasteiger partial charge is 0.321 e. The number of para-hydroxylation sites is 1. The van der Waals surface area contributed by atoms with Gasteiger partial charge in [-0.05, 0) is 36.5 Å². The number of benzene rings is 2. The average molecular weight is 352 g/mol. The van der Waals surface area contributed by atoms with Crippen LogP contribution < -0.4 is 4.74 Å². The molecule has 0 amide bonds. The lowest BCUT2D eigenvalue weighted by Crippen LogP contribution is -2.03.